The fourth-order valence-electron chi connectivity index (χ4n) is 3.60. The highest BCUT2D eigenvalue weighted by molar-refractivity contribution is 5.92. The number of hydrogen-bond acceptors (Lipinski definition) is 5. The Bertz CT molecular complexity index is 961. The third kappa shape index (κ3) is 4.22. The summed E-state index contributed by atoms with van der Waals surface area (Å²) in [5, 5.41) is 7.06. The molecule has 6 heteroatoms. The van der Waals surface area contributed by atoms with Crippen LogP contribution in [0.3, 0.4) is 0 Å². The molecule has 1 heterocycles. The summed E-state index contributed by atoms with van der Waals surface area (Å²) in [6, 6.07) is 15.0. The van der Waals surface area contributed by atoms with Gasteiger partial charge in [0, 0.05) is 17.2 Å². The first-order valence-electron chi connectivity index (χ1n) is 9.58. The molecule has 3 aromatic rings. The van der Waals surface area contributed by atoms with Gasteiger partial charge in [0.2, 0.25) is 17.6 Å². The van der Waals surface area contributed by atoms with Gasteiger partial charge in [-0.25, -0.2) is 0 Å². The lowest BCUT2D eigenvalue weighted by molar-refractivity contribution is -0.115. The average molecular weight is 377 g/mol. The van der Waals surface area contributed by atoms with Crippen LogP contribution in [-0.2, 0) is 11.2 Å². The summed E-state index contributed by atoms with van der Waals surface area (Å²) in [6.07, 6.45) is 4.94. The molecular formula is C22H23N3O3. The van der Waals surface area contributed by atoms with Crippen LogP contribution in [0.1, 0.15) is 43.1 Å². The van der Waals surface area contributed by atoms with E-state index in [9.17, 15) is 4.79 Å². The van der Waals surface area contributed by atoms with Crippen LogP contribution in [0.2, 0.25) is 0 Å². The molecule has 1 fully saturated rings. The van der Waals surface area contributed by atoms with Crippen molar-refractivity contribution in [1.29, 1.82) is 0 Å². The Kier molecular flexibility index (Phi) is 5.37. The lowest BCUT2D eigenvalue weighted by Gasteiger charge is -2.07. The maximum atomic E-state index is 12.4. The maximum absolute atomic E-state index is 12.4. The molecule has 1 aliphatic rings. The molecule has 1 aliphatic carbocycles. The van der Waals surface area contributed by atoms with Crippen LogP contribution in [0.5, 0.6) is 5.75 Å². The van der Waals surface area contributed by atoms with Gasteiger partial charge >= 0.3 is 0 Å². The molecule has 1 amide bonds. The van der Waals surface area contributed by atoms with Gasteiger partial charge in [-0.1, -0.05) is 42.3 Å². The highest BCUT2D eigenvalue weighted by Crippen LogP contribution is 2.34. The van der Waals surface area contributed by atoms with Crippen LogP contribution >= 0.6 is 0 Å². The number of hydrogen-bond donors (Lipinski definition) is 1. The van der Waals surface area contributed by atoms with E-state index in [4.69, 9.17) is 9.26 Å². The molecule has 0 aliphatic heterocycles. The Morgan fingerprint density at radius 3 is 2.82 bits per heavy atom. The minimum Gasteiger partial charge on any atom is -0.497 e. The minimum atomic E-state index is -0.0924. The zero-order valence-electron chi connectivity index (χ0n) is 15.9. The van der Waals surface area contributed by atoms with Crippen molar-refractivity contribution >= 4 is 11.6 Å². The first kappa shape index (κ1) is 18.2. The largest absolute Gasteiger partial charge is 0.497 e. The predicted octanol–water partition coefficient (Wildman–Crippen LogP) is 4.58. The van der Waals surface area contributed by atoms with Crippen LogP contribution in [-0.4, -0.2) is 23.2 Å². The van der Waals surface area contributed by atoms with E-state index in [1.165, 1.54) is 12.8 Å². The van der Waals surface area contributed by atoms with E-state index in [0.717, 1.165) is 35.6 Å². The number of nitrogens with zero attached hydrogens (tertiary/aromatic N) is 2. The van der Waals surface area contributed by atoms with Crippen molar-refractivity contribution in [3.05, 3.63) is 60.0 Å². The molecule has 0 bridgehead atoms. The highest BCUT2D eigenvalue weighted by atomic mass is 16.5. The first-order chi connectivity index (χ1) is 13.7. The Labute approximate surface area is 163 Å². The molecular weight excluding hydrogens is 354 g/mol. The van der Waals surface area contributed by atoms with Crippen LogP contribution in [0, 0.1) is 0 Å². The number of benzene rings is 2. The van der Waals surface area contributed by atoms with E-state index in [0.29, 0.717) is 17.4 Å². The second-order valence-electron chi connectivity index (χ2n) is 7.09. The van der Waals surface area contributed by atoms with Gasteiger partial charge in [0.05, 0.1) is 13.5 Å². The Morgan fingerprint density at radius 1 is 1.18 bits per heavy atom. The van der Waals surface area contributed by atoms with Crippen molar-refractivity contribution in [2.45, 2.75) is 38.0 Å². The van der Waals surface area contributed by atoms with Crippen molar-refractivity contribution in [3.63, 3.8) is 0 Å². The summed E-state index contributed by atoms with van der Waals surface area (Å²) in [7, 11) is 1.61. The molecule has 6 nitrogen and oxygen atoms in total. The molecule has 1 aromatic heterocycles. The van der Waals surface area contributed by atoms with Gasteiger partial charge in [-0.2, -0.15) is 4.98 Å². The van der Waals surface area contributed by atoms with Crippen LogP contribution in [0.4, 0.5) is 5.69 Å². The highest BCUT2D eigenvalue weighted by Gasteiger charge is 2.23. The standard InChI is InChI=1S/C22H23N3O3/c1-27-19-11-4-6-15(12-19)13-20(26)23-18-10-5-9-17(14-18)21-24-22(28-25-21)16-7-2-3-8-16/h4-6,9-12,14,16H,2-3,7-8,13H2,1H3,(H,23,26). The summed E-state index contributed by atoms with van der Waals surface area (Å²) >= 11 is 0. The quantitative estimate of drug-likeness (QED) is 0.680. The number of rotatable bonds is 6. The van der Waals surface area contributed by atoms with Gasteiger partial charge < -0.3 is 14.6 Å². The number of anilines is 1. The molecule has 0 spiro atoms. The molecule has 28 heavy (non-hydrogen) atoms. The number of nitrogens with one attached hydrogen (secondary N) is 1. The van der Waals surface area contributed by atoms with Crippen LogP contribution in [0.25, 0.3) is 11.4 Å². The van der Waals surface area contributed by atoms with Crippen molar-refractivity contribution in [2.75, 3.05) is 12.4 Å². The van der Waals surface area contributed by atoms with Crippen LogP contribution in [0.15, 0.2) is 53.1 Å². The molecule has 1 saturated carbocycles. The van der Waals surface area contributed by atoms with Crippen LogP contribution < -0.4 is 10.1 Å². The molecule has 0 saturated heterocycles. The van der Waals surface area contributed by atoms with Crippen molar-refractivity contribution in [1.82, 2.24) is 10.1 Å². The molecule has 0 radical (unpaired) electrons. The number of amides is 1. The van der Waals surface area contributed by atoms with E-state index >= 15 is 0 Å². The van der Waals surface area contributed by atoms with E-state index in [2.05, 4.69) is 15.5 Å². The summed E-state index contributed by atoms with van der Waals surface area (Å²) in [5.41, 5.74) is 2.43. The number of carbonyl (C=O) groups excluding carboxylic acids is 1. The van der Waals surface area contributed by atoms with E-state index in [1.807, 2.05) is 48.5 Å². The summed E-state index contributed by atoms with van der Waals surface area (Å²) in [4.78, 5) is 17.0. The fourth-order valence-corrected chi connectivity index (χ4v) is 3.60. The molecule has 1 N–H and O–H groups in total. The summed E-state index contributed by atoms with van der Waals surface area (Å²) in [5.74, 6) is 2.31. The lowest BCUT2D eigenvalue weighted by Crippen LogP contribution is -2.14. The topological polar surface area (TPSA) is 77.2 Å². The zero-order chi connectivity index (χ0) is 19.3. The molecule has 0 unspecified atom stereocenters. The number of ether oxygens (including phenoxy) is 1. The Morgan fingerprint density at radius 2 is 2.00 bits per heavy atom. The molecule has 4 rings (SSSR count). The maximum Gasteiger partial charge on any atom is 0.230 e. The zero-order valence-corrected chi connectivity index (χ0v) is 15.9. The van der Waals surface area contributed by atoms with Gasteiger partial charge in [-0.3, -0.25) is 4.79 Å². The van der Waals surface area contributed by atoms with E-state index in [1.54, 1.807) is 7.11 Å². The summed E-state index contributed by atoms with van der Waals surface area (Å²) < 4.78 is 10.7. The van der Waals surface area contributed by atoms with Crippen molar-refractivity contribution < 1.29 is 14.1 Å². The number of aromatic nitrogens is 2. The first-order valence-corrected chi connectivity index (χ1v) is 9.58. The van der Waals surface area contributed by atoms with Crippen molar-refractivity contribution in [2.24, 2.45) is 0 Å². The van der Waals surface area contributed by atoms with Gasteiger partial charge in [-0.15, -0.1) is 0 Å². The van der Waals surface area contributed by atoms with Gasteiger partial charge in [-0.05, 0) is 42.7 Å². The smallest absolute Gasteiger partial charge is 0.230 e. The number of carbonyl (C=O) groups is 1. The monoisotopic (exact) mass is 377 g/mol. The SMILES string of the molecule is COc1cccc(CC(=O)Nc2cccc(-c3noc(C4CCCC4)n3)c2)c1. The van der Waals surface area contributed by atoms with Gasteiger partial charge in [0.15, 0.2) is 0 Å². The fraction of sp³-hybridized carbons (Fsp3) is 0.318. The molecule has 0 atom stereocenters. The third-order valence-corrected chi connectivity index (χ3v) is 5.05. The molecule has 144 valence electrons. The third-order valence-electron chi connectivity index (χ3n) is 5.05. The van der Waals surface area contributed by atoms with E-state index < -0.39 is 0 Å². The van der Waals surface area contributed by atoms with Crippen molar-refractivity contribution in [3.8, 4) is 17.1 Å². The van der Waals surface area contributed by atoms with Gasteiger partial charge in [0.25, 0.3) is 0 Å². The Hall–Kier alpha value is -3.15. The lowest BCUT2D eigenvalue weighted by atomic mass is 10.1. The number of methoxy groups -OCH3 is 1. The van der Waals surface area contributed by atoms with E-state index in [-0.39, 0.29) is 12.3 Å². The minimum absolute atomic E-state index is 0.0924. The average Bonchev–Trinajstić information content (AvgIpc) is 3.40. The van der Waals surface area contributed by atoms with Gasteiger partial charge in [0.1, 0.15) is 5.75 Å². The second kappa shape index (κ2) is 8.25. The Balaban J connectivity index is 1.44. The predicted molar refractivity (Wildman–Crippen MR) is 106 cm³/mol. The molecule has 2 aromatic carbocycles. The normalized spacial score (nSPS) is 14.2. The second-order valence-corrected chi connectivity index (χ2v) is 7.09. The summed E-state index contributed by atoms with van der Waals surface area (Å²) in [6.45, 7) is 0.